The molecular weight excluding hydrogens is 406 g/mol. The normalized spacial score (nSPS) is 11.3. The second-order valence-electron chi connectivity index (χ2n) is 7.11. The first-order valence-corrected chi connectivity index (χ1v) is 10.3. The van der Waals surface area contributed by atoms with Gasteiger partial charge in [0.1, 0.15) is 0 Å². The highest BCUT2D eigenvalue weighted by Gasteiger charge is 2.13. The number of nitrogens with two attached hydrogens (primary N) is 1. The van der Waals surface area contributed by atoms with Crippen molar-refractivity contribution in [2.45, 2.75) is 0 Å². The molecule has 0 bridgehead atoms. The number of anilines is 1. The van der Waals surface area contributed by atoms with Crippen molar-refractivity contribution in [3.63, 3.8) is 0 Å². The van der Waals surface area contributed by atoms with Gasteiger partial charge < -0.3 is 5.73 Å². The van der Waals surface area contributed by atoms with E-state index in [-0.39, 0.29) is 0 Å². The maximum absolute atomic E-state index is 9.27. The average Bonchev–Trinajstić information content (AvgIpc) is 3.41. The van der Waals surface area contributed by atoms with Gasteiger partial charge in [-0.3, -0.25) is 9.38 Å². The van der Waals surface area contributed by atoms with E-state index in [1.807, 2.05) is 46.9 Å². The number of nitrogen functional groups attached to an aromatic ring is 1. The second kappa shape index (κ2) is 6.58. The number of thiazole rings is 1. The number of nitriles is 1. The molecule has 0 aliphatic carbocycles. The van der Waals surface area contributed by atoms with E-state index >= 15 is 0 Å². The van der Waals surface area contributed by atoms with Crippen molar-refractivity contribution in [3.8, 4) is 28.6 Å². The highest BCUT2D eigenvalue weighted by Crippen LogP contribution is 2.31. The van der Waals surface area contributed by atoms with Gasteiger partial charge in [-0.15, -0.1) is 10.2 Å². The van der Waals surface area contributed by atoms with Crippen LogP contribution in [0.1, 0.15) is 5.56 Å². The van der Waals surface area contributed by atoms with Crippen LogP contribution in [0.15, 0.2) is 66.9 Å². The molecule has 0 aliphatic heterocycles. The van der Waals surface area contributed by atoms with Gasteiger partial charge in [0.05, 0.1) is 39.1 Å². The van der Waals surface area contributed by atoms with Crippen LogP contribution < -0.4 is 5.73 Å². The van der Waals surface area contributed by atoms with E-state index < -0.39 is 0 Å². The Kier molecular flexibility index (Phi) is 3.72. The Balaban J connectivity index is 1.59. The first-order chi connectivity index (χ1) is 15.2. The monoisotopic (exact) mass is 419 g/mol. The molecule has 0 unspecified atom stereocenters. The number of fused-ring (bicyclic) bond motifs is 4. The average molecular weight is 419 g/mol. The standard InChI is InChI=1S/C23H13N7S/c24-11-13-2-1-3-16(8-13)22-29-28-21-12-26-17-6-4-14(9-19(17)30(21)22)15-5-7-18-20(10-15)31-23(25)27-18/h1-10,12H,(H2,25,27). The predicted octanol–water partition coefficient (Wildman–Crippen LogP) is 4.68. The molecule has 0 amide bonds. The lowest BCUT2D eigenvalue weighted by molar-refractivity contribution is 1.11. The highest BCUT2D eigenvalue weighted by molar-refractivity contribution is 7.22. The van der Waals surface area contributed by atoms with Crippen molar-refractivity contribution >= 4 is 43.4 Å². The molecule has 0 radical (unpaired) electrons. The molecule has 0 saturated carbocycles. The van der Waals surface area contributed by atoms with E-state index in [4.69, 9.17) is 5.73 Å². The number of hydrogen-bond donors (Lipinski definition) is 1. The number of aromatic nitrogens is 5. The Morgan fingerprint density at radius 1 is 0.903 bits per heavy atom. The minimum absolute atomic E-state index is 0.560. The topological polar surface area (TPSA) is 106 Å². The van der Waals surface area contributed by atoms with Crippen molar-refractivity contribution in [3.05, 3.63) is 72.4 Å². The summed E-state index contributed by atoms with van der Waals surface area (Å²) in [6.45, 7) is 0. The van der Waals surface area contributed by atoms with E-state index in [2.05, 4.69) is 38.4 Å². The molecule has 8 heteroatoms. The van der Waals surface area contributed by atoms with E-state index in [1.165, 1.54) is 11.3 Å². The summed E-state index contributed by atoms with van der Waals surface area (Å²) in [5, 5.41) is 18.5. The van der Waals surface area contributed by atoms with Gasteiger partial charge >= 0.3 is 0 Å². The van der Waals surface area contributed by atoms with E-state index in [1.54, 1.807) is 12.3 Å². The molecule has 3 heterocycles. The molecule has 6 rings (SSSR count). The van der Waals surface area contributed by atoms with Crippen molar-refractivity contribution in [2.75, 3.05) is 5.73 Å². The molecule has 0 spiro atoms. The largest absolute Gasteiger partial charge is 0.375 e. The van der Waals surface area contributed by atoms with Gasteiger partial charge in [-0.05, 0) is 47.5 Å². The fraction of sp³-hybridized carbons (Fsp3) is 0. The van der Waals surface area contributed by atoms with Crippen molar-refractivity contribution in [2.24, 2.45) is 0 Å². The van der Waals surface area contributed by atoms with Crippen molar-refractivity contribution in [1.82, 2.24) is 24.6 Å². The number of hydrogen-bond acceptors (Lipinski definition) is 7. The highest BCUT2D eigenvalue weighted by atomic mass is 32.1. The lowest BCUT2D eigenvalue weighted by Crippen LogP contribution is -1.95. The molecule has 2 N–H and O–H groups in total. The summed E-state index contributed by atoms with van der Waals surface area (Å²) in [5.41, 5.74) is 12.6. The number of nitrogens with zero attached hydrogens (tertiary/aromatic N) is 6. The summed E-state index contributed by atoms with van der Waals surface area (Å²) >= 11 is 1.47. The van der Waals surface area contributed by atoms with Crippen molar-refractivity contribution < 1.29 is 0 Å². The molecular formula is C23H13N7S. The molecule has 0 atom stereocenters. The van der Waals surface area contributed by atoms with Crippen LogP contribution in [-0.4, -0.2) is 24.6 Å². The Bertz CT molecular complexity index is 1670. The van der Waals surface area contributed by atoms with Crippen LogP contribution >= 0.6 is 11.3 Å². The Hall–Kier alpha value is -4.35. The molecule has 7 nitrogen and oxygen atoms in total. The lowest BCUT2D eigenvalue weighted by atomic mass is 10.0. The second-order valence-corrected chi connectivity index (χ2v) is 8.17. The number of rotatable bonds is 2. The van der Waals surface area contributed by atoms with Gasteiger partial charge in [-0.1, -0.05) is 35.6 Å². The smallest absolute Gasteiger partial charge is 0.181 e. The quantitative estimate of drug-likeness (QED) is 0.437. The zero-order chi connectivity index (χ0) is 20.9. The van der Waals surface area contributed by atoms with Crippen LogP contribution in [0.25, 0.3) is 49.4 Å². The molecule has 0 aliphatic rings. The van der Waals surface area contributed by atoms with Crippen molar-refractivity contribution in [1.29, 1.82) is 5.26 Å². The molecule has 31 heavy (non-hydrogen) atoms. The zero-order valence-electron chi connectivity index (χ0n) is 16.0. The molecule has 0 fully saturated rings. The van der Waals surface area contributed by atoms with Crippen LogP contribution in [0, 0.1) is 11.3 Å². The Labute approximate surface area is 180 Å². The Morgan fingerprint density at radius 2 is 1.74 bits per heavy atom. The van der Waals surface area contributed by atoms with Gasteiger partial charge in [0.25, 0.3) is 0 Å². The Morgan fingerprint density at radius 3 is 2.61 bits per heavy atom. The summed E-state index contributed by atoms with van der Waals surface area (Å²) in [7, 11) is 0. The summed E-state index contributed by atoms with van der Waals surface area (Å²) in [5.74, 6) is 0.669. The van der Waals surface area contributed by atoms with E-state index in [9.17, 15) is 5.26 Å². The predicted molar refractivity (Wildman–Crippen MR) is 121 cm³/mol. The third-order valence-electron chi connectivity index (χ3n) is 5.21. The van der Waals surface area contributed by atoms with Crippen LogP contribution in [0.2, 0.25) is 0 Å². The molecule has 0 saturated heterocycles. The van der Waals surface area contributed by atoms with Gasteiger partial charge in [0.2, 0.25) is 0 Å². The summed E-state index contributed by atoms with van der Waals surface area (Å²) < 4.78 is 3.02. The zero-order valence-corrected chi connectivity index (χ0v) is 16.8. The summed E-state index contributed by atoms with van der Waals surface area (Å²) in [6, 6.07) is 21.8. The maximum atomic E-state index is 9.27. The lowest BCUT2D eigenvalue weighted by Gasteiger charge is -2.08. The van der Waals surface area contributed by atoms with Crippen LogP contribution in [-0.2, 0) is 0 Å². The van der Waals surface area contributed by atoms with Crippen LogP contribution in [0.3, 0.4) is 0 Å². The fourth-order valence-electron chi connectivity index (χ4n) is 3.77. The summed E-state index contributed by atoms with van der Waals surface area (Å²) in [6.07, 6.45) is 1.71. The van der Waals surface area contributed by atoms with Gasteiger partial charge in [0, 0.05) is 5.56 Å². The van der Waals surface area contributed by atoms with E-state index in [0.717, 1.165) is 37.9 Å². The molecule has 146 valence electrons. The van der Waals surface area contributed by atoms with Gasteiger partial charge in [0.15, 0.2) is 16.6 Å². The van der Waals surface area contributed by atoms with Gasteiger partial charge in [-0.25, -0.2) is 4.98 Å². The third kappa shape index (κ3) is 2.79. The minimum atomic E-state index is 0.560. The molecule has 3 aromatic carbocycles. The molecule has 3 aromatic heterocycles. The maximum Gasteiger partial charge on any atom is 0.181 e. The van der Waals surface area contributed by atoms with E-state index in [0.29, 0.717) is 22.2 Å². The fourth-order valence-corrected chi connectivity index (χ4v) is 4.55. The first kappa shape index (κ1) is 17.5. The summed E-state index contributed by atoms with van der Waals surface area (Å²) in [4.78, 5) is 8.87. The molecule has 6 aromatic rings. The minimum Gasteiger partial charge on any atom is -0.375 e. The van der Waals surface area contributed by atoms with Crippen LogP contribution in [0.4, 0.5) is 5.13 Å². The first-order valence-electron chi connectivity index (χ1n) is 9.50. The third-order valence-corrected chi connectivity index (χ3v) is 6.06. The van der Waals surface area contributed by atoms with Gasteiger partial charge in [-0.2, -0.15) is 5.26 Å². The SMILES string of the molecule is N#Cc1cccc(-c2nnc3cnc4ccc(-c5ccc6nc(N)sc6c5)cc4n23)c1. The number of benzene rings is 3. The van der Waals surface area contributed by atoms with Crippen LogP contribution in [0.5, 0.6) is 0 Å².